The van der Waals surface area contributed by atoms with Crippen LogP contribution >= 0.6 is 0 Å². The standard InChI is InChI=1S/C15H28N2O/c1-4-16-14(13-8-7-11-18-12-13)15(2,3)17-9-5-6-10-17/h12,14,16H,4-11H2,1-3H3. The predicted octanol–water partition coefficient (Wildman–Crippen LogP) is 2.53. The van der Waals surface area contributed by atoms with Gasteiger partial charge in [0.05, 0.1) is 12.9 Å². The smallest absolute Gasteiger partial charge is 0.0876 e. The number of nitrogens with zero attached hydrogens (tertiary/aromatic N) is 1. The molecule has 0 spiro atoms. The topological polar surface area (TPSA) is 24.5 Å². The first kappa shape index (κ1) is 13.9. The molecule has 1 saturated heterocycles. The summed E-state index contributed by atoms with van der Waals surface area (Å²) in [5.41, 5.74) is 1.62. The summed E-state index contributed by atoms with van der Waals surface area (Å²) in [7, 11) is 0. The van der Waals surface area contributed by atoms with Crippen molar-refractivity contribution in [1.82, 2.24) is 10.2 Å². The molecule has 2 aliphatic rings. The Kier molecular flexibility index (Phi) is 4.68. The van der Waals surface area contributed by atoms with Gasteiger partial charge in [-0.05, 0) is 64.7 Å². The van der Waals surface area contributed by atoms with Crippen LogP contribution in [0.2, 0.25) is 0 Å². The molecular formula is C15H28N2O. The molecule has 0 aliphatic carbocycles. The lowest BCUT2D eigenvalue weighted by molar-refractivity contribution is 0.113. The van der Waals surface area contributed by atoms with Crippen LogP contribution in [0.5, 0.6) is 0 Å². The monoisotopic (exact) mass is 252 g/mol. The summed E-state index contributed by atoms with van der Waals surface area (Å²) in [6.45, 7) is 11.3. The lowest BCUT2D eigenvalue weighted by Crippen LogP contribution is -2.57. The predicted molar refractivity (Wildman–Crippen MR) is 75.6 cm³/mol. The van der Waals surface area contributed by atoms with Crippen LogP contribution in [0, 0.1) is 0 Å². The van der Waals surface area contributed by atoms with Gasteiger partial charge in [-0.15, -0.1) is 0 Å². The van der Waals surface area contributed by atoms with Crippen molar-refractivity contribution in [1.29, 1.82) is 0 Å². The zero-order valence-corrected chi connectivity index (χ0v) is 12.2. The Bertz CT molecular complexity index is 293. The van der Waals surface area contributed by atoms with Crippen molar-refractivity contribution in [3.8, 4) is 0 Å². The van der Waals surface area contributed by atoms with E-state index >= 15 is 0 Å². The van der Waals surface area contributed by atoms with Gasteiger partial charge < -0.3 is 10.1 Å². The maximum atomic E-state index is 5.55. The van der Waals surface area contributed by atoms with Crippen molar-refractivity contribution in [2.75, 3.05) is 26.2 Å². The second-order valence-corrected chi connectivity index (χ2v) is 6.01. The van der Waals surface area contributed by atoms with Crippen LogP contribution in [0.3, 0.4) is 0 Å². The van der Waals surface area contributed by atoms with Crippen LogP contribution in [-0.4, -0.2) is 42.7 Å². The zero-order chi connectivity index (χ0) is 13.0. The number of likely N-dealkylation sites (N-methyl/N-ethyl adjacent to an activating group) is 1. The van der Waals surface area contributed by atoms with Gasteiger partial charge >= 0.3 is 0 Å². The van der Waals surface area contributed by atoms with E-state index in [0.29, 0.717) is 6.04 Å². The summed E-state index contributed by atoms with van der Waals surface area (Å²) in [5, 5.41) is 3.68. The van der Waals surface area contributed by atoms with Crippen molar-refractivity contribution in [2.24, 2.45) is 0 Å². The Morgan fingerprint density at radius 1 is 1.33 bits per heavy atom. The molecular weight excluding hydrogens is 224 g/mol. The molecule has 0 bridgehead atoms. The normalized spacial score (nSPS) is 23.6. The summed E-state index contributed by atoms with van der Waals surface area (Å²) in [6.07, 6.45) is 7.03. The first-order valence-corrected chi connectivity index (χ1v) is 7.45. The minimum Gasteiger partial charge on any atom is -0.501 e. The molecule has 0 aromatic rings. The third-order valence-corrected chi connectivity index (χ3v) is 4.37. The van der Waals surface area contributed by atoms with Gasteiger partial charge in [0, 0.05) is 11.6 Å². The molecule has 104 valence electrons. The highest BCUT2D eigenvalue weighted by atomic mass is 16.5. The van der Waals surface area contributed by atoms with Crippen molar-refractivity contribution >= 4 is 0 Å². The highest BCUT2D eigenvalue weighted by Gasteiger charge is 2.38. The van der Waals surface area contributed by atoms with Crippen LogP contribution in [0.15, 0.2) is 11.8 Å². The number of rotatable bonds is 5. The van der Waals surface area contributed by atoms with E-state index in [1.165, 1.54) is 37.9 Å². The molecule has 1 N–H and O–H groups in total. The second-order valence-electron chi connectivity index (χ2n) is 6.01. The number of ether oxygens (including phenoxy) is 1. The fourth-order valence-electron chi connectivity index (χ4n) is 3.31. The fraction of sp³-hybridized carbons (Fsp3) is 0.867. The van der Waals surface area contributed by atoms with Gasteiger partial charge in [-0.1, -0.05) is 6.92 Å². The van der Waals surface area contributed by atoms with Crippen molar-refractivity contribution < 1.29 is 4.74 Å². The summed E-state index contributed by atoms with van der Waals surface area (Å²) in [4.78, 5) is 2.63. The molecule has 1 fully saturated rings. The van der Waals surface area contributed by atoms with Crippen molar-refractivity contribution in [3.05, 3.63) is 11.8 Å². The van der Waals surface area contributed by atoms with E-state index in [1.807, 2.05) is 6.26 Å². The lowest BCUT2D eigenvalue weighted by Gasteiger charge is -2.44. The molecule has 2 heterocycles. The molecule has 1 unspecified atom stereocenters. The molecule has 3 heteroatoms. The minimum atomic E-state index is 0.180. The molecule has 3 nitrogen and oxygen atoms in total. The minimum absolute atomic E-state index is 0.180. The summed E-state index contributed by atoms with van der Waals surface area (Å²) in [6, 6.07) is 0.417. The zero-order valence-electron chi connectivity index (χ0n) is 12.2. The van der Waals surface area contributed by atoms with Gasteiger partial charge in [0.25, 0.3) is 0 Å². The van der Waals surface area contributed by atoms with E-state index < -0.39 is 0 Å². The van der Waals surface area contributed by atoms with E-state index in [0.717, 1.165) is 19.6 Å². The first-order chi connectivity index (χ1) is 8.66. The van der Waals surface area contributed by atoms with Gasteiger partial charge in [-0.3, -0.25) is 4.90 Å². The van der Waals surface area contributed by atoms with E-state index in [-0.39, 0.29) is 5.54 Å². The largest absolute Gasteiger partial charge is 0.501 e. The van der Waals surface area contributed by atoms with E-state index in [2.05, 4.69) is 31.0 Å². The maximum Gasteiger partial charge on any atom is 0.0876 e. The van der Waals surface area contributed by atoms with Crippen LogP contribution < -0.4 is 5.32 Å². The number of hydrogen-bond acceptors (Lipinski definition) is 3. The highest BCUT2D eigenvalue weighted by Crippen LogP contribution is 2.30. The average Bonchev–Trinajstić information content (AvgIpc) is 2.91. The molecule has 0 amide bonds. The van der Waals surface area contributed by atoms with Gasteiger partial charge in [0.2, 0.25) is 0 Å². The lowest BCUT2D eigenvalue weighted by atomic mass is 9.85. The SMILES string of the molecule is CCNC(C1=COCCC1)C(C)(C)N1CCCC1. The fourth-order valence-corrected chi connectivity index (χ4v) is 3.31. The number of likely N-dealkylation sites (tertiary alicyclic amines) is 1. The quantitative estimate of drug-likeness (QED) is 0.814. The Morgan fingerprint density at radius 3 is 2.61 bits per heavy atom. The van der Waals surface area contributed by atoms with Crippen molar-refractivity contribution in [2.45, 2.75) is 58.0 Å². The molecule has 2 rings (SSSR count). The molecule has 0 radical (unpaired) electrons. The van der Waals surface area contributed by atoms with Gasteiger partial charge in [-0.25, -0.2) is 0 Å². The Morgan fingerprint density at radius 2 is 2.06 bits per heavy atom. The van der Waals surface area contributed by atoms with Crippen LogP contribution in [0.1, 0.15) is 46.5 Å². The average molecular weight is 252 g/mol. The highest BCUT2D eigenvalue weighted by molar-refractivity contribution is 5.18. The molecule has 2 aliphatic heterocycles. The first-order valence-electron chi connectivity index (χ1n) is 7.45. The Balaban J connectivity index is 2.14. The van der Waals surface area contributed by atoms with E-state index in [4.69, 9.17) is 4.74 Å². The summed E-state index contributed by atoms with van der Waals surface area (Å²) in [5.74, 6) is 0. The molecule has 18 heavy (non-hydrogen) atoms. The van der Waals surface area contributed by atoms with Crippen LogP contribution in [-0.2, 0) is 4.74 Å². The van der Waals surface area contributed by atoms with Gasteiger partial charge in [0.1, 0.15) is 0 Å². The molecule has 0 saturated carbocycles. The van der Waals surface area contributed by atoms with Crippen molar-refractivity contribution in [3.63, 3.8) is 0 Å². The number of hydrogen-bond donors (Lipinski definition) is 1. The van der Waals surface area contributed by atoms with Gasteiger partial charge in [-0.2, -0.15) is 0 Å². The van der Waals surface area contributed by atoms with E-state index in [1.54, 1.807) is 0 Å². The number of nitrogens with one attached hydrogen (secondary N) is 1. The van der Waals surface area contributed by atoms with Crippen LogP contribution in [0.4, 0.5) is 0 Å². The second kappa shape index (κ2) is 6.07. The Hall–Kier alpha value is -0.540. The summed E-state index contributed by atoms with van der Waals surface area (Å²) >= 11 is 0. The molecule has 1 atom stereocenters. The summed E-state index contributed by atoms with van der Waals surface area (Å²) < 4.78 is 5.55. The maximum absolute atomic E-state index is 5.55. The third kappa shape index (κ3) is 2.89. The molecule has 0 aromatic heterocycles. The van der Waals surface area contributed by atoms with Gasteiger partial charge in [0.15, 0.2) is 0 Å². The Labute approximate surface area is 112 Å². The third-order valence-electron chi connectivity index (χ3n) is 4.37. The van der Waals surface area contributed by atoms with Crippen LogP contribution in [0.25, 0.3) is 0 Å². The van der Waals surface area contributed by atoms with E-state index in [9.17, 15) is 0 Å². The molecule has 0 aromatic carbocycles.